The second-order valence-electron chi connectivity index (χ2n) is 6.43. The van der Waals surface area contributed by atoms with Gasteiger partial charge in [-0.2, -0.15) is 0 Å². The Morgan fingerprint density at radius 2 is 2.00 bits per heavy atom. The number of pyridine rings is 1. The van der Waals surface area contributed by atoms with Gasteiger partial charge in [-0.3, -0.25) is 9.88 Å². The van der Waals surface area contributed by atoms with Crippen molar-refractivity contribution in [3.8, 4) is 11.1 Å². The summed E-state index contributed by atoms with van der Waals surface area (Å²) in [5.74, 6) is 0.943. The SMILES string of the molecule is Cc1c(-c2ccccc2)[c]ncc1C1CCC2CCN1C2. The van der Waals surface area contributed by atoms with Gasteiger partial charge < -0.3 is 0 Å². The number of benzene rings is 1. The summed E-state index contributed by atoms with van der Waals surface area (Å²) in [7, 11) is 0. The second kappa shape index (κ2) is 5.27. The topological polar surface area (TPSA) is 16.1 Å². The molecule has 0 N–H and O–H groups in total. The third-order valence-corrected chi connectivity index (χ3v) is 5.22. The Balaban J connectivity index is 1.73. The van der Waals surface area contributed by atoms with E-state index in [-0.39, 0.29) is 0 Å². The van der Waals surface area contributed by atoms with Gasteiger partial charge in [0.15, 0.2) is 0 Å². The van der Waals surface area contributed by atoms with Crippen LogP contribution in [0.3, 0.4) is 0 Å². The van der Waals surface area contributed by atoms with Crippen molar-refractivity contribution in [3.05, 3.63) is 53.9 Å². The smallest absolute Gasteiger partial charge is 0.0973 e. The Morgan fingerprint density at radius 3 is 2.86 bits per heavy atom. The van der Waals surface area contributed by atoms with Gasteiger partial charge in [-0.1, -0.05) is 30.3 Å². The molecule has 2 nitrogen and oxygen atoms in total. The highest BCUT2D eigenvalue weighted by Crippen LogP contribution is 2.41. The van der Waals surface area contributed by atoms with E-state index in [9.17, 15) is 0 Å². The lowest BCUT2D eigenvalue weighted by Gasteiger charge is -2.33. The molecule has 0 amide bonds. The van der Waals surface area contributed by atoms with Crippen molar-refractivity contribution < 1.29 is 0 Å². The Hall–Kier alpha value is -1.67. The molecule has 1 radical (unpaired) electrons. The second-order valence-corrected chi connectivity index (χ2v) is 6.43. The summed E-state index contributed by atoms with van der Waals surface area (Å²) in [5, 5.41) is 0. The van der Waals surface area contributed by atoms with Crippen molar-refractivity contribution in [3.63, 3.8) is 0 Å². The molecule has 107 valence electrons. The van der Waals surface area contributed by atoms with Crippen LogP contribution < -0.4 is 0 Å². The average molecular weight is 277 g/mol. The first-order chi connectivity index (χ1) is 10.3. The van der Waals surface area contributed by atoms with E-state index in [1.54, 1.807) is 0 Å². The molecule has 21 heavy (non-hydrogen) atoms. The zero-order chi connectivity index (χ0) is 14.2. The molecule has 1 aromatic carbocycles. The van der Waals surface area contributed by atoms with Crippen LogP contribution in [-0.4, -0.2) is 23.0 Å². The highest BCUT2D eigenvalue weighted by Gasteiger charge is 2.35. The molecule has 0 saturated carbocycles. The maximum absolute atomic E-state index is 4.43. The van der Waals surface area contributed by atoms with Gasteiger partial charge >= 0.3 is 0 Å². The van der Waals surface area contributed by atoms with Crippen LogP contribution >= 0.6 is 0 Å². The summed E-state index contributed by atoms with van der Waals surface area (Å²) in [4.78, 5) is 7.09. The maximum Gasteiger partial charge on any atom is 0.0973 e. The lowest BCUT2D eigenvalue weighted by molar-refractivity contribution is 0.182. The summed E-state index contributed by atoms with van der Waals surface area (Å²) in [5.41, 5.74) is 5.15. The lowest BCUT2D eigenvalue weighted by Crippen LogP contribution is -2.31. The van der Waals surface area contributed by atoms with E-state index < -0.39 is 0 Å². The van der Waals surface area contributed by atoms with E-state index in [2.05, 4.69) is 53.3 Å². The summed E-state index contributed by atoms with van der Waals surface area (Å²) in [6.07, 6.45) is 9.29. The highest BCUT2D eigenvalue weighted by molar-refractivity contribution is 5.66. The molecule has 2 aromatic rings. The van der Waals surface area contributed by atoms with E-state index in [0.29, 0.717) is 6.04 Å². The van der Waals surface area contributed by atoms with Crippen molar-refractivity contribution in [1.82, 2.24) is 9.88 Å². The molecular weight excluding hydrogens is 256 g/mol. The average Bonchev–Trinajstić information content (AvgIpc) is 2.91. The van der Waals surface area contributed by atoms with Crippen molar-refractivity contribution in [1.29, 1.82) is 0 Å². The predicted octanol–water partition coefficient (Wildman–Crippen LogP) is 4.01. The van der Waals surface area contributed by atoms with Crippen LogP contribution in [0.4, 0.5) is 0 Å². The molecule has 1 aromatic heterocycles. The molecular formula is C19H21N2. The van der Waals surface area contributed by atoms with Crippen LogP contribution in [0.1, 0.15) is 36.4 Å². The van der Waals surface area contributed by atoms with E-state index in [1.807, 2.05) is 6.20 Å². The van der Waals surface area contributed by atoms with Gasteiger partial charge in [0.25, 0.3) is 0 Å². The van der Waals surface area contributed by atoms with Crippen molar-refractivity contribution in [2.24, 2.45) is 5.92 Å². The monoisotopic (exact) mass is 277 g/mol. The highest BCUT2D eigenvalue weighted by atomic mass is 15.2. The van der Waals surface area contributed by atoms with Gasteiger partial charge in [0.2, 0.25) is 0 Å². The van der Waals surface area contributed by atoms with Crippen molar-refractivity contribution in [2.45, 2.75) is 32.2 Å². The van der Waals surface area contributed by atoms with Gasteiger partial charge in [-0.05, 0) is 55.3 Å². The van der Waals surface area contributed by atoms with Gasteiger partial charge in [-0.15, -0.1) is 0 Å². The zero-order valence-corrected chi connectivity index (χ0v) is 12.5. The number of piperidine rings is 1. The van der Waals surface area contributed by atoms with E-state index >= 15 is 0 Å². The van der Waals surface area contributed by atoms with Crippen LogP contribution in [-0.2, 0) is 0 Å². The molecule has 0 spiro atoms. The minimum absolute atomic E-state index is 0.563. The fourth-order valence-corrected chi connectivity index (χ4v) is 4.02. The van der Waals surface area contributed by atoms with Crippen LogP contribution in [0.2, 0.25) is 0 Å². The first-order valence-electron chi connectivity index (χ1n) is 7.99. The maximum atomic E-state index is 4.43. The molecule has 2 aliphatic heterocycles. The number of hydrogen-bond acceptors (Lipinski definition) is 2. The van der Waals surface area contributed by atoms with E-state index in [4.69, 9.17) is 0 Å². The Bertz CT molecular complexity index is 635. The van der Waals surface area contributed by atoms with Crippen molar-refractivity contribution in [2.75, 3.05) is 13.1 Å². The van der Waals surface area contributed by atoms with Gasteiger partial charge in [0, 0.05) is 24.3 Å². The van der Waals surface area contributed by atoms with Crippen LogP contribution in [0.15, 0.2) is 36.5 Å². The van der Waals surface area contributed by atoms with Gasteiger partial charge in [0.1, 0.15) is 0 Å². The normalized spacial score (nSPS) is 27.8. The Kier molecular flexibility index (Phi) is 3.27. The molecule has 0 aliphatic carbocycles. The molecule has 4 rings (SSSR count). The fraction of sp³-hybridized carbons (Fsp3) is 0.421. The molecule has 2 saturated heterocycles. The summed E-state index contributed by atoms with van der Waals surface area (Å²) in [6, 6.07) is 11.1. The quantitative estimate of drug-likeness (QED) is 0.824. The minimum Gasteiger partial charge on any atom is -0.296 e. The minimum atomic E-state index is 0.563. The molecule has 2 fully saturated rings. The zero-order valence-electron chi connectivity index (χ0n) is 12.5. The van der Waals surface area contributed by atoms with E-state index in [0.717, 1.165) is 11.5 Å². The lowest BCUT2D eigenvalue weighted by atomic mass is 9.89. The molecule has 2 heteroatoms. The summed E-state index contributed by atoms with van der Waals surface area (Å²) >= 11 is 0. The molecule has 2 bridgehead atoms. The molecule has 3 atom stereocenters. The molecule has 3 unspecified atom stereocenters. The van der Waals surface area contributed by atoms with Gasteiger partial charge in [0.05, 0.1) is 6.20 Å². The Morgan fingerprint density at radius 1 is 1.14 bits per heavy atom. The number of nitrogens with zero attached hydrogens (tertiary/aromatic N) is 2. The van der Waals surface area contributed by atoms with Crippen molar-refractivity contribution >= 4 is 0 Å². The number of aromatic nitrogens is 1. The first-order valence-corrected chi connectivity index (χ1v) is 7.99. The van der Waals surface area contributed by atoms with E-state index in [1.165, 1.54) is 49.0 Å². The summed E-state index contributed by atoms with van der Waals surface area (Å²) in [6.45, 7) is 4.77. The third-order valence-electron chi connectivity index (χ3n) is 5.22. The number of hydrogen-bond donors (Lipinski definition) is 0. The largest absolute Gasteiger partial charge is 0.296 e. The van der Waals surface area contributed by atoms with Gasteiger partial charge in [-0.25, -0.2) is 0 Å². The number of fused-ring (bicyclic) bond motifs is 2. The third kappa shape index (κ3) is 2.28. The molecule has 3 heterocycles. The summed E-state index contributed by atoms with van der Waals surface area (Å²) < 4.78 is 0. The first kappa shape index (κ1) is 13.0. The van der Waals surface area contributed by atoms with Crippen LogP contribution in [0.25, 0.3) is 11.1 Å². The van der Waals surface area contributed by atoms with Crippen LogP contribution in [0.5, 0.6) is 0 Å². The standard InChI is InChI=1S/C19H21N2/c1-14-17(16-5-3-2-4-6-16)11-20-12-18(14)19-8-7-15-9-10-21(19)13-15/h2-6,12,15,19H,7-10,13H2,1H3. The number of rotatable bonds is 2. The molecule has 2 aliphatic rings. The fourth-order valence-electron chi connectivity index (χ4n) is 4.02. The predicted molar refractivity (Wildman–Crippen MR) is 84.9 cm³/mol. The Labute approximate surface area is 126 Å². The van der Waals surface area contributed by atoms with Crippen LogP contribution in [0, 0.1) is 19.0 Å².